The number of rotatable bonds is 4. The predicted octanol–water partition coefficient (Wildman–Crippen LogP) is 1.87. The van der Waals surface area contributed by atoms with Crippen molar-refractivity contribution in [2.24, 2.45) is 0 Å². The number of amides is 1. The summed E-state index contributed by atoms with van der Waals surface area (Å²) in [4.78, 5) is 15.3. The second-order valence-electron chi connectivity index (χ2n) is 2.91. The summed E-state index contributed by atoms with van der Waals surface area (Å²) in [6, 6.07) is 0. The van der Waals surface area contributed by atoms with Crippen molar-refractivity contribution in [2.75, 3.05) is 0 Å². The lowest BCUT2D eigenvalue weighted by Crippen LogP contribution is -2.21. The second kappa shape index (κ2) is 4.97. The van der Waals surface area contributed by atoms with Crippen LogP contribution >= 0.6 is 11.3 Å². The van der Waals surface area contributed by atoms with Crippen molar-refractivity contribution in [3.05, 3.63) is 16.1 Å². The molecule has 0 aromatic carbocycles. The Bertz CT molecular complexity index is 283. The molecule has 1 aromatic rings. The monoisotopic (exact) mass is 198 g/mol. The molecular weight excluding hydrogens is 184 g/mol. The van der Waals surface area contributed by atoms with Gasteiger partial charge in [-0.3, -0.25) is 4.79 Å². The van der Waals surface area contributed by atoms with Gasteiger partial charge in [0.15, 0.2) is 0 Å². The van der Waals surface area contributed by atoms with Gasteiger partial charge < -0.3 is 5.32 Å². The highest BCUT2D eigenvalue weighted by atomic mass is 32.1. The van der Waals surface area contributed by atoms with Gasteiger partial charge in [-0.1, -0.05) is 6.92 Å². The van der Waals surface area contributed by atoms with E-state index in [2.05, 4.69) is 10.3 Å². The third-order valence-corrected chi connectivity index (χ3v) is 2.55. The Hall–Kier alpha value is -0.900. The van der Waals surface area contributed by atoms with E-state index in [0.29, 0.717) is 13.0 Å². The van der Waals surface area contributed by atoms with Crippen LogP contribution in [0.4, 0.5) is 0 Å². The quantitative estimate of drug-likeness (QED) is 0.802. The summed E-state index contributed by atoms with van der Waals surface area (Å²) in [5.41, 5.74) is 1.02. The first-order chi connectivity index (χ1) is 6.22. The van der Waals surface area contributed by atoms with Crippen LogP contribution in [0.1, 0.15) is 30.5 Å². The molecule has 0 fully saturated rings. The predicted molar refractivity (Wildman–Crippen MR) is 53.6 cm³/mol. The maximum absolute atomic E-state index is 11.1. The molecule has 0 saturated carbocycles. The first kappa shape index (κ1) is 10.2. The van der Waals surface area contributed by atoms with Crippen LogP contribution in [0.25, 0.3) is 0 Å². The summed E-state index contributed by atoms with van der Waals surface area (Å²) in [5.74, 6) is 0.107. The van der Waals surface area contributed by atoms with Crippen LogP contribution in [0.2, 0.25) is 0 Å². The van der Waals surface area contributed by atoms with Gasteiger partial charge in [0.2, 0.25) is 5.91 Å². The molecule has 0 unspecified atom stereocenters. The normalized spacial score (nSPS) is 10.0. The van der Waals surface area contributed by atoms with Crippen LogP contribution in [0, 0.1) is 6.92 Å². The van der Waals surface area contributed by atoms with Crippen LogP contribution in [0.15, 0.2) is 5.38 Å². The smallest absolute Gasteiger partial charge is 0.220 e. The molecule has 72 valence electrons. The molecule has 0 aliphatic heterocycles. The van der Waals surface area contributed by atoms with Crippen molar-refractivity contribution in [1.82, 2.24) is 10.3 Å². The Labute approximate surface area is 82.2 Å². The summed E-state index contributed by atoms with van der Waals surface area (Å²) < 4.78 is 0. The lowest BCUT2D eigenvalue weighted by Gasteiger charge is -2.00. The number of hydrogen-bond acceptors (Lipinski definition) is 3. The Kier molecular flexibility index (Phi) is 3.89. The van der Waals surface area contributed by atoms with Gasteiger partial charge in [0.1, 0.15) is 5.01 Å². The highest BCUT2D eigenvalue weighted by molar-refractivity contribution is 7.09. The van der Waals surface area contributed by atoms with E-state index in [9.17, 15) is 4.79 Å². The van der Waals surface area contributed by atoms with E-state index in [0.717, 1.165) is 17.1 Å². The van der Waals surface area contributed by atoms with E-state index < -0.39 is 0 Å². The maximum Gasteiger partial charge on any atom is 0.220 e. The second-order valence-corrected chi connectivity index (χ2v) is 3.85. The van der Waals surface area contributed by atoms with Crippen molar-refractivity contribution in [1.29, 1.82) is 0 Å². The number of aryl methyl sites for hydroxylation is 1. The van der Waals surface area contributed by atoms with Crippen molar-refractivity contribution in [2.45, 2.75) is 33.2 Å². The fraction of sp³-hybridized carbons (Fsp3) is 0.556. The van der Waals surface area contributed by atoms with Crippen LogP contribution in [0.5, 0.6) is 0 Å². The fourth-order valence-corrected chi connectivity index (χ4v) is 1.69. The van der Waals surface area contributed by atoms with Crippen molar-refractivity contribution >= 4 is 17.2 Å². The highest BCUT2D eigenvalue weighted by Gasteiger charge is 2.01. The fourth-order valence-electron chi connectivity index (χ4n) is 0.974. The third kappa shape index (κ3) is 3.55. The molecule has 4 heteroatoms. The molecule has 0 aliphatic carbocycles. The molecule has 1 N–H and O–H groups in total. The molecule has 3 nitrogen and oxygen atoms in total. The standard InChI is InChI=1S/C9H14N2OS/c1-3-4-8(12)10-5-9-11-7(2)6-13-9/h6H,3-5H2,1-2H3,(H,10,12). The number of hydrogen-bond donors (Lipinski definition) is 1. The number of nitrogens with zero attached hydrogens (tertiary/aromatic N) is 1. The Balaban J connectivity index is 2.30. The summed E-state index contributed by atoms with van der Waals surface area (Å²) in [5, 5.41) is 5.78. The minimum atomic E-state index is 0.107. The Morgan fingerprint density at radius 2 is 2.46 bits per heavy atom. The molecule has 0 atom stereocenters. The largest absolute Gasteiger partial charge is 0.350 e. The van der Waals surface area contributed by atoms with E-state index in [1.54, 1.807) is 11.3 Å². The minimum Gasteiger partial charge on any atom is -0.350 e. The zero-order valence-corrected chi connectivity index (χ0v) is 8.78. The zero-order chi connectivity index (χ0) is 9.68. The van der Waals surface area contributed by atoms with E-state index in [-0.39, 0.29) is 5.91 Å². The number of carbonyl (C=O) groups excluding carboxylic acids is 1. The molecule has 0 spiro atoms. The van der Waals surface area contributed by atoms with E-state index in [4.69, 9.17) is 0 Å². The third-order valence-electron chi connectivity index (χ3n) is 1.58. The zero-order valence-electron chi connectivity index (χ0n) is 7.96. The molecule has 1 aromatic heterocycles. The van der Waals surface area contributed by atoms with Crippen molar-refractivity contribution in [3.63, 3.8) is 0 Å². The van der Waals surface area contributed by atoms with Gasteiger partial charge in [0.05, 0.1) is 6.54 Å². The van der Waals surface area contributed by atoms with Gasteiger partial charge >= 0.3 is 0 Å². The van der Waals surface area contributed by atoms with E-state index >= 15 is 0 Å². The average molecular weight is 198 g/mol. The van der Waals surface area contributed by atoms with Crippen LogP contribution in [-0.4, -0.2) is 10.9 Å². The van der Waals surface area contributed by atoms with Gasteiger partial charge in [-0.15, -0.1) is 11.3 Å². The van der Waals surface area contributed by atoms with Crippen molar-refractivity contribution < 1.29 is 4.79 Å². The number of carbonyl (C=O) groups is 1. The molecule has 13 heavy (non-hydrogen) atoms. The van der Waals surface area contributed by atoms with Gasteiger partial charge in [0, 0.05) is 17.5 Å². The van der Waals surface area contributed by atoms with Gasteiger partial charge in [-0.2, -0.15) is 0 Å². The lowest BCUT2D eigenvalue weighted by molar-refractivity contribution is -0.121. The molecule has 0 aliphatic rings. The van der Waals surface area contributed by atoms with Crippen LogP contribution in [-0.2, 0) is 11.3 Å². The molecule has 1 heterocycles. The van der Waals surface area contributed by atoms with Gasteiger partial charge in [-0.05, 0) is 13.3 Å². The molecule has 0 saturated heterocycles. The van der Waals surface area contributed by atoms with Crippen molar-refractivity contribution in [3.8, 4) is 0 Å². The number of aromatic nitrogens is 1. The summed E-state index contributed by atoms with van der Waals surface area (Å²) in [6.45, 7) is 4.51. The minimum absolute atomic E-state index is 0.107. The van der Waals surface area contributed by atoms with Crippen LogP contribution in [0.3, 0.4) is 0 Å². The van der Waals surface area contributed by atoms with E-state index in [1.807, 2.05) is 19.2 Å². The van der Waals surface area contributed by atoms with Gasteiger partial charge in [0.25, 0.3) is 0 Å². The summed E-state index contributed by atoms with van der Waals surface area (Å²) >= 11 is 1.58. The molecule has 1 rings (SSSR count). The molecular formula is C9H14N2OS. The first-order valence-corrected chi connectivity index (χ1v) is 5.28. The number of thiazole rings is 1. The molecule has 0 bridgehead atoms. The topological polar surface area (TPSA) is 42.0 Å². The highest BCUT2D eigenvalue weighted by Crippen LogP contribution is 2.07. The lowest BCUT2D eigenvalue weighted by atomic mass is 10.3. The van der Waals surface area contributed by atoms with Crippen LogP contribution < -0.4 is 5.32 Å². The van der Waals surface area contributed by atoms with E-state index in [1.165, 1.54) is 0 Å². The molecule has 0 radical (unpaired) electrons. The number of nitrogens with one attached hydrogen (secondary N) is 1. The summed E-state index contributed by atoms with van der Waals surface area (Å²) in [7, 11) is 0. The molecule has 1 amide bonds. The maximum atomic E-state index is 11.1. The summed E-state index contributed by atoms with van der Waals surface area (Å²) in [6.07, 6.45) is 1.49. The van der Waals surface area contributed by atoms with Gasteiger partial charge in [-0.25, -0.2) is 4.98 Å². The first-order valence-electron chi connectivity index (χ1n) is 4.40. The Morgan fingerprint density at radius 1 is 1.69 bits per heavy atom. The Morgan fingerprint density at radius 3 is 3.00 bits per heavy atom. The average Bonchev–Trinajstić information content (AvgIpc) is 2.49. The SMILES string of the molecule is CCCC(=O)NCc1nc(C)cs1.